The maximum Gasteiger partial charge on any atom is 0.351 e. The molecule has 35 heavy (non-hydrogen) atoms. The van der Waals surface area contributed by atoms with Crippen LogP contribution in [0.5, 0.6) is 0 Å². The highest BCUT2D eigenvalue weighted by atomic mass is 16.6. The highest BCUT2D eigenvalue weighted by molar-refractivity contribution is 5.47. The van der Waals surface area contributed by atoms with E-state index in [1.807, 2.05) is 91.0 Å². The van der Waals surface area contributed by atoms with Crippen LogP contribution in [-0.4, -0.2) is 33.5 Å². The fraction of sp³-hybridized carbons (Fsp3) is 0.214. The molecule has 3 aromatic carbocycles. The Morgan fingerprint density at radius 3 is 1.91 bits per heavy atom. The number of anilines is 1. The minimum absolute atomic E-state index is 0.105. The van der Waals surface area contributed by atoms with Crippen molar-refractivity contribution in [3.05, 3.63) is 130 Å². The van der Waals surface area contributed by atoms with Gasteiger partial charge in [-0.05, 0) is 22.8 Å². The summed E-state index contributed by atoms with van der Waals surface area (Å²) in [7, 11) is 0. The van der Waals surface area contributed by atoms with Crippen LogP contribution in [0.3, 0.4) is 0 Å². The summed E-state index contributed by atoms with van der Waals surface area (Å²) in [4.78, 5) is 16.1. The van der Waals surface area contributed by atoms with Gasteiger partial charge >= 0.3 is 5.69 Å². The van der Waals surface area contributed by atoms with Gasteiger partial charge in [0.1, 0.15) is 23.8 Å². The van der Waals surface area contributed by atoms with E-state index in [1.54, 1.807) is 0 Å². The van der Waals surface area contributed by atoms with Gasteiger partial charge in [-0.3, -0.25) is 4.57 Å². The SMILES string of the molecule is Nc1ccn([C@H]2C[C@H](O)[C@H](COC(c3ccccc3)(c3ccccc3)c3ccccc3)O2)c(=O)n1. The van der Waals surface area contributed by atoms with E-state index in [2.05, 4.69) is 4.98 Å². The van der Waals surface area contributed by atoms with Crippen LogP contribution in [0.25, 0.3) is 0 Å². The van der Waals surface area contributed by atoms with Crippen LogP contribution in [0, 0.1) is 0 Å². The molecule has 7 nitrogen and oxygen atoms in total. The minimum atomic E-state index is -0.926. The van der Waals surface area contributed by atoms with E-state index in [0.29, 0.717) is 0 Å². The highest BCUT2D eigenvalue weighted by Crippen LogP contribution is 2.41. The predicted molar refractivity (Wildman–Crippen MR) is 133 cm³/mol. The molecule has 2 heterocycles. The Bertz CT molecular complexity index is 1220. The molecular formula is C28H27N3O4. The predicted octanol–water partition coefficient (Wildman–Crippen LogP) is 3.48. The zero-order valence-corrected chi connectivity index (χ0v) is 19.1. The summed E-state index contributed by atoms with van der Waals surface area (Å²) in [5.74, 6) is 0.142. The van der Waals surface area contributed by atoms with Crippen molar-refractivity contribution < 1.29 is 14.6 Å². The van der Waals surface area contributed by atoms with Crippen LogP contribution in [-0.2, 0) is 15.1 Å². The van der Waals surface area contributed by atoms with Gasteiger partial charge in [-0.25, -0.2) is 4.79 Å². The fourth-order valence-electron chi connectivity index (χ4n) is 4.66. The van der Waals surface area contributed by atoms with Crippen LogP contribution < -0.4 is 11.4 Å². The summed E-state index contributed by atoms with van der Waals surface area (Å²) in [5, 5.41) is 10.8. The molecule has 5 rings (SSSR count). The third-order valence-electron chi connectivity index (χ3n) is 6.37. The molecule has 0 aliphatic carbocycles. The molecule has 7 heteroatoms. The van der Waals surface area contributed by atoms with E-state index in [-0.39, 0.29) is 18.8 Å². The molecule has 1 aromatic heterocycles. The van der Waals surface area contributed by atoms with Crippen LogP contribution in [0.1, 0.15) is 29.3 Å². The van der Waals surface area contributed by atoms with E-state index in [9.17, 15) is 9.90 Å². The zero-order chi connectivity index (χ0) is 24.3. The van der Waals surface area contributed by atoms with Crippen molar-refractivity contribution in [1.82, 2.24) is 9.55 Å². The van der Waals surface area contributed by atoms with Gasteiger partial charge in [-0.2, -0.15) is 4.98 Å². The van der Waals surface area contributed by atoms with E-state index in [0.717, 1.165) is 16.7 Å². The number of aliphatic hydroxyl groups excluding tert-OH is 1. The van der Waals surface area contributed by atoms with Crippen molar-refractivity contribution in [3.8, 4) is 0 Å². The average molecular weight is 470 g/mol. The maximum absolute atomic E-state index is 12.3. The van der Waals surface area contributed by atoms with Gasteiger partial charge < -0.3 is 20.3 Å². The number of nitrogens with two attached hydrogens (primary N) is 1. The molecule has 3 N–H and O–H groups in total. The lowest BCUT2D eigenvalue weighted by molar-refractivity contribution is -0.0943. The smallest absolute Gasteiger partial charge is 0.351 e. The van der Waals surface area contributed by atoms with Crippen molar-refractivity contribution in [3.63, 3.8) is 0 Å². The molecule has 1 aliphatic heterocycles. The Morgan fingerprint density at radius 1 is 0.914 bits per heavy atom. The number of aromatic nitrogens is 2. The molecule has 0 bridgehead atoms. The number of rotatable bonds is 7. The second-order valence-corrected chi connectivity index (χ2v) is 8.56. The molecule has 0 saturated carbocycles. The van der Waals surface area contributed by atoms with Gasteiger partial charge in [-0.1, -0.05) is 91.0 Å². The van der Waals surface area contributed by atoms with Crippen LogP contribution in [0.4, 0.5) is 5.82 Å². The van der Waals surface area contributed by atoms with Gasteiger partial charge in [-0.15, -0.1) is 0 Å². The van der Waals surface area contributed by atoms with Crippen LogP contribution in [0.15, 0.2) is 108 Å². The summed E-state index contributed by atoms with van der Waals surface area (Å²) in [6.07, 6.45) is -0.328. The quantitative estimate of drug-likeness (QED) is 0.402. The molecule has 0 spiro atoms. The lowest BCUT2D eigenvalue weighted by atomic mass is 9.80. The normalized spacial score (nSPS) is 20.1. The summed E-state index contributed by atoms with van der Waals surface area (Å²) >= 11 is 0. The topological polar surface area (TPSA) is 99.6 Å². The van der Waals surface area contributed by atoms with E-state index in [1.165, 1.54) is 16.8 Å². The molecule has 1 saturated heterocycles. The number of hydrogen-bond acceptors (Lipinski definition) is 6. The zero-order valence-electron chi connectivity index (χ0n) is 19.1. The number of nitrogens with zero attached hydrogens (tertiary/aromatic N) is 2. The van der Waals surface area contributed by atoms with Crippen molar-refractivity contribution in [2.75, 3.05) is 12.3 Å². The first-order valence-corrected chi connectivity index (χ1v) is 11.6. The Morgan fingerprint density at radius 2 is 1.43 bits per heavy atom. The third kappa shape index (κ3) is 4.49. The highest BCUT2D eigenvalue weighted by Gasteiger charge is 2.41. The van der Waals surface area contributed by atoms with E-state index >= 15 is 0 Å². The van der Waals surface area contributed by atoms with Crippen molar-refractivity contribution >= 4 is 5.82 Å². The first kappa shape index (κ1) is 23.0. The standard InChI is InChI=1S/C28H27N3O4/c29-25-16-17-31(27(33)30-25)26-18-23(32)24(35-26)19-34-28(20-10-4-1-5-11-20,21-12-6-2-7-13-21)22-14-8-3-9-15-22/h1-17,23-24,26,32H,18-19H2,(H2,29,30,33)/t23-,24-,26+/m0/s1. The molecule has 1 aliphatic rings. The Labute approximate surface area is 203 Å². The monoisotopic (exact) mass is 469 g/mol. The third-order valence-corrected chi connectivity index (χ3v) is 6.37. The number of hydrogen-bond donors (Lipinski definition) is 2. The van der Waals surface area contributed by atoms with Gasteiger partial charge in [0.2, 0.25) is 0 Å². The molecule has 4 aromatic rings. The molecule has 3 atom stereocenters. The number of ether oxygens (including phenoxy) is 2. The molecule has 0 radical (unpaired) electrons. The molecule has 0 unspecified atom stereocenters. The van der Waals surface area contributed by atoms with Gasteiger partial charge in [0, 0.05) is 12.6 Å². The maximum atomic E-state index is 12.3. The van der Waals surface area contributed by atoms with Gasteiger partial charge in [0.25, 0.3) is 0 Å². The lowest BCUT2D eigenvalue weighted by Gasteiger charge is -2.37. The summed E-state index contributed by atoms with van der Waals surface area (Å²) in [6, 6.07) is 31.6. The molecule has 0 amide bonds. The summed E-state index contributed by atoms with van der Waals surface area (Å²) in [6.45, 7) is 0.105. The number of aliphatic hydroxyl groups is 1. The second-order valence-electron chi connectivity index (χ2n) is 8.56. The molecular weight excluding hydrogens is 442 g/mol. The van der Waals surface area contributed by atoms with Gasteiger partial charge in [0.05, 0.1) is 12.7 Å². The first-order chi connectivity index (χ1) is 17.1. The summed E-state index contributed by atoms with van der Waals surface area (Å²) in [5.41, 5.74) is 7.04. The second kappa shape index (κ2) is 9.84. The van der Waals surface area contributed by atoms with E-state index < -0.39 is 29.7 Å². The van der Waals surface area contributed by atoms with Gasteiger partial charge in [0.15, 0.2) is 0 Å². The van der Waals surface area contributed by atoms with Crippen LogP contribution in [0.2, 0.25) is 0 Å². The average Bonchev–Trinajstić information content (AvgIpc) is 3.26. The van der Waals surface area contributed by atoms with Crippen LogP contribution >= 0.6 is 0 Å². The van der Waals surface area contributed by atoms with E-state index in [4.69, 9.17) is 15.2 Å². The van der Waals surface area contributed by atoms with Crippen molar-refractivity contribution in [2.24, 2.45) is 0 Å². The molecule has 1 fully saturated rings. The Kier molecular flexibility index (Phi) is 6.46. The Hall–Kier alpha value is -3.78. The molecule has 178 valence electrons. The van der Waals surface area contributed by atoms with Crippen molar-refractivity contribution in [1.29, 1.82) is 0 Å². The lowest BCUT2D eigenvalue weighted by Crippen LogP contribution is -2.38. The largest absolute Gasteiger partial charge is 0.390 e. The Balaban J connectivity index is 1.50. The summed E-state index contributed by atoms with van der Waals surface area (Å²) < 4.78 is 14.2. The van der Waals surface area contributed by atoms with Crippen molar-refractivity contribution in [2.45, 2.75) is 30.5 Å². The minimum Gasteiger partial charge on any atom is -0.390 e. The first-order valence-electron chi connectivity index (χ1n) is 11.6. The number of benzene rings is 3. The number of nitrogen functional groups attached to an aromatic ring is 1. The fourth-order valence-corrected chi connectivity index (χ4v) is 4.66.